The summed E-state index contributed by atoms with van der Waals surface area (Å²) >= 11 is 0. The highest BCUT2D eigenvalue weighted by molar-refractivity contribution is 6.00. The van der Waals surface area contributed by atoms with Crippen molar-refractivity contribution in [3.63, 3.8) is 0 Å². The molecule has 4 aliphatic heterocycles. The Labute approximate surface area is 342 Å². The van der Waals surface area contributed by atoms with Crippen LogP contribution in [0.15, 0.2) is 42.5 Å². The van der Waals surface area contributed by atoms with Crippen LogP contribution in [0.4, 0.5) is 59.9 Å². The van der Waals surface area contributed by atoms with Gasteiger partial charge in [0, 0.05) is 54.5 Å². The summed E-state index contributed by atoms with van der Waals surface area (Å²) in [5.41, 5.74) is 6.78. The Morgan fingerprint density at radius 3 is 1.95 bits per heavy atom. The van der Waals surface area contributed by atoms with Crippen molar-refractivity contribution in [2.75, 3.05) is 43.4 Å². The van der Waals surface area contributed by atoms with Gasteiger partial charge in [-0.3, -0.25) is 4.90 Å². The van der Waals surface area contributed by atoms with E-state index in [1.807, 2.05) is 30.3 Å². The lowest BCUT2D eigenvalue weighted by Gasteiger charge is -2.34. The Hall–Kier alpha value is -5.85. The lowest BCUT2D eigenvalue weighted by molar-refractivity contribution is -0.193. The Bertz CT molecular complexity index is 2230. The number of nitrogens with two attached hydrogens (primary N) is 1. The first-order valence-electron chi connectivity index (χ1n) is 18.4. The normalized spacial score (nSPS) is 22.1. The minimum absolute atomic E-state index is 0.128. The SMILES string of the molecule is Nc1cc2ccccc2c(-c2ccc3c(N4C[C@H]5CC[C@@H](C4)N5)nc(OC[C@@]45CCCN4C[C@H](F)C5)nc3c2F)n1.O=C(O)C(F)(F)F.O=C(O)C(F)(F)F.O=C(O)C(F)(F)F. The number of hydrogen-bond acceptors (Lipinski definition) is 11. The van der Waals surface area contributed by atoms with Crippen molar-refractivity contribution in [3.8, 4) is 17.3 Å². The van der Waals surface area contributed by atoms with E-state index >= 15 is 4.39 Å². The van der Waals surface area contributed by atoms with Crippen LogP contribution in [0.25, 0.3) is 32.9 Å². The third-order valence-electron chi connectivity index (χ3n) is 10.3. The van der Waals surface area contributed by atoms with Crippen LogP contribution in [-0.4, -0.2) is 128 Å². The van der Waals surface area contributed by atoms with Gasteiger partial charge in [0.15, 0.2) is 5.82 Å². The van der Waals surface area contributed by atoms with Crippen molar-refractivity contribution in [1.82, 2.24) is 25.2 Å². The van der Waals surface area contributed by atoms with Crippen molar-refractivity contribution in [1.29, 1.82) is 0 Å². The minimum atomic E-state index is -5.08. The number of rotatable bonds is 5. The van der Waals surface area contributed by atoms with Crippen molar-refractivity contribution in [2.24, 2.45) is 0 Å². The molecule has 2 bridgehead atoms. The summed E-state index contributed by atoms with van der Waals surface area (Å²) in [5, 5.41) is 27.4. The van der Waals surface area contributed by atoms with Crippen LogP contribution < -0.4 is 20.7 Å². The monoisotopic (exact) mass is 899 g/mol. The van der Waals surface area contributed by atoms with Gasteiger partial charge in [0.1, 0.15) is 29.9 Å². The molecule has 14 nitrogen and oxygen atoms in total. The molecule has 0 amide bonds. The number of nitrogen functional groups attached to an aromatic ring is 1. The highest BCUT2D eigenvalue weighted by Crippen LogP contribution is 2.41. The van der Waals surface area contributed by atoms with Gasteiger partial charge in [0.05, 0.1) is 11.2 Å². The quantitative estimate of drug-likeness (QED) is 0.138. The van der Waals surface area contributed by atoms with Crippen LogP contribution in [0.3, 0.4) is 0 Å². The number of piperazine rings is 1. The number of nitrogens with one attached hydrogen (secondary N) is 1. The van der Waals surface area contributed by atoms with E-state index in [-0.39, 0.29) is 23.7 Å². The van der Waals surface area contributed by atoms with E-state index in [9.17, 15) is 43.9 Å². The number of halogens is 11. The zero-order valence-corrected chi connectivity index (χ0v) is 31.8. The fraction of sp³-hybridized carbons (Fsp3) is 0.459. The molecule has 8 rings (SSSR count). The van der Waals surface area contributed by atoms with E-state index in [4.69, 9.17) is 45.2 Å². The number of pyridine rings is 1. The second kappa shape index (κ2) is 18.2. The average molecular weight is 900 g/mol. The van der Waals surface area contributed by atoms with Gasteiger partial charge < -0.3 is 36.0 Å². The van der Waals surface area contributed by atoms with E-state index in [2.05, 4.69) is 25.1 Å². The molecule has 338 valence electrons. The maximum atomic E-state index is 16.6. The molecule has 4 saturated heterocycles. The van der Waals surface area contributed by atoms with Crippen molar-refractivity contribution < 1.29 is 82.7 Å². The number of carboxylic acid groups (broad SMARTS) is 3. The third-order valence-corrected chi connectivity index (χ3v) is 10.3. The molecule has 0 saturated carbocycles. The molecule has 0 unspecified atom stereocenters. The van der Waals surface area contributed by atoms with E-state index in [0.29, 0.717) is 53.3 Å². The molecule has 0 aliphatic carbocycles. The van der Waals surface area contributed by atoms with Gasteiger partial charge >= 0.3 is 42.4 Å². The van der Waals surface area contributed by atoms with Crippen LogP contribution in [-0.2, 0) is 14.4 Å². The standard InChI is InChI=1S/C31H33F2N7O.3C2HF3O2/c32-19-13-31(10-3-11-40(31)14-19)17-41-30-37-28-24(29(38-30)39-15-20-6-7-21(16-39)35-20)9-8-23(26(28)33)27-22-5-2-1-4-18(22)12-25(34)36-27;3*3-2(4,5)1(6)7/h1-2,4-5,8-9,12,19-21,35H,3,6-7,10-11,13-17H2,(H2,34,36);3*(H,6,7)/t19-,20-,21+,31+;;;/m1.../s1. The predicted molar refractivity (Wildman–Crippen MR) is 196 cm³/mol. The molecule has 0 radical (unpaired) electrons. The summed E-state index contributed by atoms with van der Waals surface area (Å²) in [5.74, 6) is -7.75. The number of anilines is 2. The largest absolute Gasteiger partial charge is 0.490 e. The lowest BCUT2D eigenvalue weighted by atomic mass is 9.95. The molecule has 2 aromatic heterocycles. The smallest absolute Gasteiger partial charge is 0.475 e. The number of alkyl halides is 10. The van der Waals surface area contributed by atoms with Crippen LogP contribution in [0.5, 0.6) is 6.01 Å². The van der Waals surface area contributed by atoms with Crippen molar-refractivity contribution in [2.45, 2.75) is 74.4 Å². The molecule has 4 aliphatic rings. The summed E-state index contributed by atoms with van der Waals surface area (Å²) in [7, 11) is 0. The van der Waals surface area contributed by atoms with Crippen molar-refractivity contribution in [3.05, 3.63) is 48.3 Å². The number of aliphatic carboxylic acids is 3. The highest BCUT2D eigenvalue weighted by Gasteiger charge is 2.49. The first-order valence-corrected chi connectivity index (χ1v) is 18.4. The van der Waals surface area contributed by atoms with Crippen LogP contribution in [0.1, 0.15) is 32.1 Å². The summed E-state index contributed by atoms with van der Waals surface area (Å²) in [6, 6.07) is 14.0. The first-order chi connectivity index (χ1) is 28.8. The maximum absolute atomic E-state index is 16.6. The van der Waals surface area contributed by atoms with E-state index in [1.165, 1.54) is 0 Å². The molecular weight excluding hydrogens is 863 g/mol. The molecule has 62 heavy (non-hydrogen) atoms. The highest BCUT2D eigenvalue weighted by atomic mass is 19.4. The molecule has 2 aromatic carbocycles. The minimum Gasteiger partial charge on any atom is -0.475 e. The number of carboxylic acids is 3. The van der Waals surface area contributed by atoms with Gasteiger partial charge in [-0.05, 0) is 55.8 Å². The first kappa shape index (κ1) is 47.2. The maximum Gasteiger partial charge on any atom is 0.490 e. The van der Waals surface area contributed by atoms with E-state index < -0.39 is 48.4 Å². The predicted octanol–water partition coefficient (Wildman–Crippen LogP) is 6.36. The molecular formula is C37H36F11N7O7. The summed E-state index contributed by atoms with van der Waals surface area (Å²) in [4.78, 5) is 45.2. The fourth-order valence-electron chi connectivity index (χ4n) is 7.66. The molecule has 4 fully saturated rings. The van der Waals surface area contributed by atoms with Gasteiger partial charge in [0.2, 0.25) is 0 Å². The van der Waals surface area contributed by atoms with E-state index in [0.717, 1.165) is 56.1 Å². The Kier molecular flexibility index (Phi) is 13.9. The Morgan fingerprint density at radius 2 is 1.39 bits per heavy atom. The summed E-state index contributed by atoms with van der Waals surface area (Å²) < 4.78 is 132. The van der Waals surface area contributed by atoms with Gasteiger partial charge in [-0.25, -0.2) is 28.1 Å². The van der Waals surface area contributed by atoms with Gasteiger partial charge in [0.25, 0.3) is 0 Å². The number of ether oxygens (including phenoxy) is 1. The fourth-order valence-corrected chi connectivity index (χ4v) is 7.66. The van der Waals surface area contributed by atoms with Crippen LogP contribution in [0.2, 0.25) is 0 Å². The van der Waals surface area contributed by atoms with Crippen LogP contribution in [0, 0.1) is 5.82 Å². The number of carbonyl (C=O) groups is 3. The zero-order valence-electron chi connectivity index (χ0n) is 31.8. The zero-order chi connectivity index (χ0) is 45.9. The number of benzene rings is 2. The number of hydrogen-bond donors (Lipinski definition) is 5. The molecule has 6 heterocycles. The van der Waals surface area contributed by atoms with Crippen molar-refractivity contribution >= 4 is 51.2 Å². The number of aromatic nitrogens is 3. The molecule has 6 N–H and O–H groups in total. The molecule has 4 atom stereocenters. The van der Waals surface area contributed by atoms with E-state index in [1.54, 1.807) is 12.1 Å². The Balaban J connectivity index is 0.000000287. The average Bonchev–Trinajstić information content (AvgIpc) is 3.83. The number of fused-ring (bicyclic) bond motifs is 5. The summed E-state index contributed by atoms with van der Waals surface area (Å²) in [6.45, 7) is 3.17. The lowest BCUT2D eigenvalue weighted by Crippen LogP contribution is -2.51. The third kappa shape index (κ3) is 11.1. The van der Waals surface area contributed by atoms with Gasteiger partial charge in [-0.1, -0.05) is 24.3 Å². The van der Waals surface area contributed by atoms with Gasteiger partial charge in [-0.15, -0.1) is 0 Å². The van der Waals surface area contributed by atoms with Crippen LogP contribution >= 0.6 is 0 Å². The second-order valence-electron chi connectivity index (χ2n) is 14.6. The van der Waals surface area contributed by atoms with Gasteiger partial charge in [-0.2, -0.15) is 49.5 Å². The topological polar surface area (TPSA) is 204 Å². The molecule has 4 aromatic rings. The molecule has 0 spiro atoms. The number of nitrogens with zero attached hydrogens (tertiary/aromatic N) is 5. The molecule has 25 heteroatoms. The Morgan fingerprint density at radius 1 is 0.823 bits per heavy atom. The second-order valence-corrected chi connectivity index (χ2v) is 14.6. The summed E-state index contributed by atoms with van der Waals surface area (Å²) in [6.07, 6.45) is -11.5.